The van der Waals surface area contributed by atoms with E-state index >= 15 is 0 Å². The van der Waals surface area contributed by atoms with Crippen molar-refractivity contribution in [2.45, 2.75) is 44.7 Å². The van der Waals surface area contributed by atoms with Crippen LogP contribution in [0.1, 0.15) is 37.3 Å². The maximum atomic E-state index is 6.03. The molecular formula is C17H23Cl2N3O2. The van der Waals surface area contributed by atoms with Gasteiger partial charge in [-0.05, 0) is 50.3 Å². The van der Waals surface area contributed by atoms with Crippen molar-refractivity contribution in [3.63, 3.8) is 0 Å². The molecule has 0 amide bonds. The van der Waals surface area contributed by atoms with Gasteiger partial charge in [-0.2, -0.15) is 0 Å². The highest BCUT2D eigenvalue weighted by atomic mass is 35.5. The topological polar surface area (TPSA) is 62.3 Å². The smallest absolute Gasteiger partial charge is 0.231 e. The van der Waals surface area contributed by atoms with Gasteiger partial charge in [0.1, 0.15) is 5.82 Å². The van der Waals surface area contributed by atoms with Crippen LogP contribution >= 0.6 is 24.8 Å². The van der Waals surface area contributed by atoms with Crippen LogP contribution in [0.25, 0.3) is 11.4 Å². The van der Waals surface area contributed by atoms with Crippen molar-refractivity contribution in [3.05, 3.63) is 30.1 Å². The highest BCUT2D eigenvalue weighted by Gasteiger charge is 2.24. The normalized spacial score (nSPS) is 21.8. The summed E-state index contributed by atoms with van der Waals surface area (Å²) >= 11 is 0. The summed E-state index contributed by atoms with van der Waals surface area (Å²) in [6.45, 7) is 2.39. The average molecular weight is 372 g/mol. The monoisotopic (exact) mass is 371 g/mol. The Morgan fingerprint density at radius 2 is 1.75 bits per heavy atom. The maximum absolute atomic E-state index is 6.03. The Morgan fingerprint density at radius 1 is 1.08 bits per heavy atom. The first-order valence-corrected chi connectivity index (χ1v) is 7.91. The van der Waals surface area contributed by atoms with E-state index in [4.69, 9.17) is 15.2 Å². The van der Waals surface area contributed by atoms with E-state index in [2.05, 4.69) is 22.7 Å². The summed E-state index contributed by atoms with van der Waals surface area (Å²) in [7, 11) is 0. The van der Waals surface area contributed by atoms with Gasteiger partial charge >= 0.3 is 0 Å². The Morgan fingerprint density at radius 3 is 2.46 bits per heavy atom. The third-order valence-electron chi connectivity index (χ3n) is 4.76. The van der Waals surface area contributed by atoms with Crippen molar-refractivity contribution in [2.75, 3.05) is 6.79 Å². The molecule has 2 N–H and O–H groups in total. The van der Waals surface area contributed by atoms with Crippen molar-refractivity contribution in [1.82, 2.24) is 9.55 Å². The molecule has 1 aliphatic carbocycles. The van der Waals surface area contributed by atoms with Crippen LogP contribution in [0.3, 0.4) is 0 Å². The lowest BCUT2D eigenvalue weighted by Crippen LogP contribution is -2.27. The zero-order chi connectivity index (χ0) is 15.1. The number of imidazole rings is 1. The van der Waals surface area contributed by atoms with Crippen LogP contribution in [0.5, 0.6) is 11.5 Å². The lowest BCUT2D eigenvalue weighted by molar-refractivity contribution is 0.174. The SMILES string of the molecule is Cc1cc2c(cc1-c1nccn1C1CCC(N)CC1)OCO2.Cl.Cl. The van der Waals surface area contributed by atoms with Crippen molar-refractivity contribution in [3.8, 4) is 22.9 Å². The summed E-state index contributed by atoms with van der Waals surface area (Å²) in [4.78, 5) is 4.60. The van der Waals surface area contributed by atoms with E-state index < -0.39 is 0 Å². The molecule has 0 atom stereocenters. The maximum Gasteiger partial charge on any atom is 0.231 e. The third-order valence-corrected chi connectivity index (χ3v) is 4.76. The quantitative estimate of drug-likeness (QED) is 0.869. The number of rotatable bonds is 2. The molecule has 2 aliphatic rings. The number of halogens is 2. The van der Waals surface area contributed by atoms with Gasteiger partial charge in [0.25, 0.3) is 0 Å². The van der Waals surface area contributed by atoms with Crippen LogP contribution in [0.4, 0.5) is 0 Å². The van der Waals surface area contributed by atoms with E-state index in [1.54, 1.807) is 0 Å². The molecule has 0 saturated heterocycles. The number of aryl methyl sites for hydroxylation is 1. The minimum atomic E-state index is 0. The van der Waals surface area contributed by atoms with Crippen molar-refractivity contribution < 1.29 is 9.47 Å². The van der Waals surface area contributed by atoms with Gasteiger partial charge in [0.05, 0.1) is 0 Å². The first-order valence-electron chi connectivity index (χ1n) is 7.91. The number of aromatic nitrogens is 2. The molecule has 24 heavy (non-hydrogen) atoms. The number of hydrogen-bond donors (Lipinski definition) is 1. The van der Waals surface area contributed by atoms with Gasteiger partial charge in [-0.15, -0.1) is 24.8 Å². The first kappa shape index (κ1) is 18.9. The molecule has 0 radical (unpaired) electrons. The lowest BCUT2D eigenvalue weighted by atomic mass is 9.91. The van der Waals surface area contributed by atoms with Crippen LogP contribution in [-0.2, 0) is 0 Å². The molecule has 1 fully saturated rings. The molecule has 4 rings (SSSR count). The Hall–Kier alpha value is -1.43. The van der Waals surface area contributed by atoms with Crippen LogP contribution in [0.2, 0.25) is 0 Å². The minimum Gasteiger partial charge on any atom is -0.454 e. The Labute approximate surface area is 154 Å². The van der Waals surface area contributed by atoms with E-state index in [0.29, 0.717) is 18.9 Å². The number of hydrogen-bond acceptors (Lipinski definition) is 4. The first-order chi connectivity index (χ1) is 10.7. The highest BCUT2D eigenvalue weighted by Crippen LogP contribution is 2.39. The van der Waals surface area contributed by atoms with Crippen LogP contribution in [0, 0.1) is 6.92 Å². The molecule has 2 aromatic rings. The molecule has 1 aliphatic heterocycles. The number of fused-ring (bicyclic) bond motifs is 1. The Kier molecular flexibility index (Phi) is 6.01. The molecule has 1 aromatic heterocycles. The number of benzene rings is 1. The molecular weight excluding hydrogens is 349 g/mol. The second-order valence-corrected chi connectivity index (χ2v) is 6.25. The fraction of sp³-hybridized carbons (Fsp3) is 0.471. The Bertz CT molecular complexity index is 697. The van der Waals surface area contributed by atoms with Crippen molar-refractivity contribution in [2.24, 2.45) is 5.73 Å². The zero-order valence-electron chi connectivity index (χ0n) is 13.6. The molecule has 0 bridgehead atoms. The van der Waals surface area contributed by atoms with Gasteiger partial charge < -0.3 is 19.8 Å². The number of nitrogens with two attached hydrogens (primary N) is 1. The van der Waals surface area contributed by atoms with Gasteiger partial charge in [-0.3, -0.25) is 0 Å². The fourth-order valence-electron chi connectivity index (χ4n) is 3.48. The van der Waals surface area contributed by atoms with E-state index in [1.807, 2.05) is 18.3 Å². The van der Waals surface area contributed by atoms with Crippen LogP contribution in [-0.4, -0.2) is 22.4 Å². The minimum absolute atomic E-state index is 0. The second-order valence-electron chi connectivity index (χ2n) is 6.25. The summed E-state index contributed by atoms with van der Waals surface area (Å²) in [5.74, 6) is 2.64. The average Bonchev–Trinajstić information content (AvgIpc) is 3.15. The molecule has 0 unspecified atom stereocenters. The van der Waals surface area contributed by atoms with Crippen LogP contribution in [0.15, 0.2) is 24.5 Å². The zero-order valence-corrected chi connectivity index (χ0v) is 15.2. The third kappa shape index (κ3) is 3.34. The van der Waals surface area contributed by atoms with E-state index in [0.717, 1.165) is 54.1 Å². The molecule has 1 aromatic carbocycles. The van der Waals surface area contributed by atoms with Crippen molar-refractivity contribution in [1.29, 1.82) is 0 Å². The lowest BCUT2D eigenvalue weighted by Gasteiger charge is -2.28. The molecule has 1 saturated carbocycles. The fourth-order valence-corrected chi connectivity index (χ4v) is 3.48. The Balaban J connectivity index is 0.00000104. The molecule has 132 valence electrons. The van der Waals surface area contributed by atoms with E-state index in [9.17, 15) is 0 Å². The summed E-state index contributed by atoms with van der Waals surface area (Å²) < 4.78 is 13.3. The predicted molar refractivity (Wildman–Crippen MR) is 98.5 cm³/mol. The summed E-state index contributed by atoms with van der Waals surface area (Å²) in [6, 6.07) is 4.93. The van der Waals surface area contributed by atoms with Gasteiger partial charge in [0, 0.05) is 30.0 Å². The van der Waals surface area contributed by atoms with Gasteiger partial charge in [0.15, 0.2) is 11.5 Å². The van der Waals surface area contributed by atoms with E-state index in [-0.39, 0.29) is 24.8 Å². The second kappa shape index (κ2) is 7.64. The summed E-state index contributed by atoms with van der Waals surface area (Å²) in [5, 5.41) is 0. The molecule has 2 heterocycles. The molecule has 7 heteroatoms. The number of nitrogens with zero attached hydrogens (tertiary/aromatic N) is 2. The predicted octanol–water partition coefficient (Wildman–Crippen LogP) is 3.87. The van der Waals surface area contributed by atoms with Gasteiger partial charge in [-0.25, -0.2) is 4.98 Å². The molecule has 5 nitrogen and oxygen atoms in total. The largest absolute Gasteiger partial charge is 0.454 e. The highest BCUT2D eigenvalue weighted by molar-refractivity contribution is 5.85. The summed E-state index contributed by atoms with van der Waals surface area (Å²) in [6.07, 6.45) is 8.38. The standard InChI is InChI=1S/C17H21N3O2.2ClH/c1-11-8-15-16(22-10-21-15)9-14(11)17-19-6-7-20(17)13-4-2-12(18)3-5-13;;/h6-9,12-13H,2-5,10,18H2,1H3;2*1H. The summed E-state index contributed by atoms with van der Waals surface area (Å²) in [5.41, 5.74) is 8.30. The molecule has 0 spiro atoms. The van der Waals surface area contributed by atoms with Gasteiger partial charge in [0.2, 0.25) is 6.79 Å². The van der Waals surface area contributed by atoms with Gasteiger partial charge in [-0.1, -0.05) is 0 Å². The van der Waals surface area contributed by atoms with Crippen LogP contribution < -0.4 is 15.2 Å². The van der Waals surface area contributed by atoms with E-state index in [1.165, 1.54) is 0 Å². The number of ether oxygens (including phenoxy) is 2. The van der Waals surface area contributed by atoms with Crippen molar-refractivity contribution >= 4 is 24.8 Å².